The fourth-order valence-electron chi connectivity index (χ4n) is 3.05. The van der Waals surface area contributed by atoms with Crippen LogP contribution in [-0.2, 0) is 29.4 Å². The predicted molar refractivity (Wildman–Crippen MR) is 120 cm³/mol. The Labute approximate surface area is 192 Å². The first kappa shape index (κ1) is 25.3. The van der Waals surface area contributed by atoms with Crippen molar-refractivity contribution in [3.63, 3.8) is 0 Å². The fraction of sp³-hybridized carbons (Fsp3) is 0.368. The number of hydrogen-bond acceptors (Lipinski definition) is 7. The molecule has 13 heteroatoms. The lowest BCUT2D eigenvalue weighted by Gasteiger charge is -2.06. The van der Waals surface area contributed by atoms with E-state index in [0.29, 0.717) is 18.7 Å². The summed E-state index contributed by atoms with van der Waals surface area (Å²) in [6.45, 7) is 0.596. The largest absolute Gasteiger partial charge is 0.464 e. The Morgan fingerprint density at radius 2 is 1.75 bits per heavy atom. The number of nitrogen functional groups attached to an aromatic ring is 1. The van der Waals surface area contributed by atoms with Gasteiger partial charge in [0.05, 0.1) is 22.8 Å². The third-order valence-corrected chi connectivity index (χ3v) is 6.10. The molecule has 2 aromatic heterocycles. The zero-order valence-corrected chi connectivity index (χ0v) is 18.9. The van der Waals surface area contributed by atoms with Gasteiger partial charge in [-0.05, 0) is 37.8 Å². The van der Waals surface area contributed by atoms with E-state index in [0.717, 1.165) is 35.9 Å². The number of nitrogens with two attached hydrogens (primary N) is 1. The third-order valence-electron chi connectivity index (χ3n) is 4.63. The van der Waals surface area contributed by atoms with Gasteiger partial charge < -0.3 is 10.8 Å². The number of nitrogens with zero attached hydrogens (tertiary/aromatic N) is 5. The van der Waals surface area contributed by atoms with E-state index in [1.807, 2.05) is 6.20 Å². The van der Waals surface area contributed by atoms with E-state index >= 15 is 0 Å². The summed E-state index contributed by atoms with van der Waals surface area (Å²) in [6, 6.07) is 8.20. The number of anilines is 1. The molecular weight excluding hydrogens is 458 g/mol. The Morgan fingerprint density at radius 1 is 1.06 bits per heavy atom. The number of rotatable bonds is 11. The number of sulfonamides is 1. The molecule has 0 aliphatic rings. The highest BCUT2D eigenvalue weighted by Gasteiger charge is 2.13. The first-order valence-electron chi connectivity index (χ1n) is 9.86. The van der Waals surface area contributed by atoms with Crippen LogP contribution in [0.1, 0.15) is 30.7 Å². The molecule has 4 N–H and O–H groups in total. The van der Waals surface area contributed by atoms with Crippen molar-refractivity contribution in [2.75, 3.05) is 12.3 Å². The average molecular weight is 484 g/mol. The Hall–Kier alpha value is -2.96. The number of carbonyl (C=O) groups is 1. The summed E-state index contributed by atoms with van der Waals surface area (Å²) in [6.07, 6.45) is 6.18. The second-order valence-electron chi connectivity index (χ2n) is 6.99. The van der Waals surface area contributed by atoms with E-state index < -0.39 is 16.1 Å². The van der Waals surface area contributed by atoms with E-state index in [9.17, 15) is 13.2 Å². The van der Waals surface area contributed by atoms with Crippen LogP contribution in [0.4, 0.5) is 10.7 Å². The number of unbranched alkanes of at least 4 members (excludes halogenated alkanes) is 2. The maximum atomic E-state index is 12.2. The number of benzene rings is 1. The highest BCUT2D eigenvalue weighted by atomic mass is 35.5. The average Bonchev–Trinajstić information content (AvgIpc) is 3.34. The summed E-state index contributed by atoms with van der Waals surface area (Å²) in [5.74, 6) is -0.0230. The summed E-state index contributed by atoms with van der Waals surface area (Å²) < 4.78 is 29.5. The van der Waals surface area contributed by atoms with Gasteiger partial charge in [-0.15, -0.1) is 17.5 Å². The summed E-state index contributed by atoms with van der Waals surface area (Å²) in [5.41, 5.74) is 7.05. The maximum absolute atomic E-state index is 12.2. The van der Waals surface area contributed by atoms with Gasteiger partial charge in [0, 0.05) is 18.9 Å². The highest BCUT2D eigenvalue weighted by Crippen LogP contribution is 2.11. The van der Waals surface area contributed by atoms with E-state index in [1.165, 1.54) is 6.20 Å². The number of hydrogen-bond donors (Lipinski definition) is 3. The molecule has 0 fully saturated rings. The molecule has 0 spiro atoms. The Bertz CT molecular complexity index is 1120. The molecule has 0 aliphatic carbocycles. The highest BCUT2D eigenvalue weighted by molar-refractivity contribution is 7.89. The van der Waals surface area contributed by atoms with Crippen LogP contribution < -0.4 is 10.5 Å². The van der Waals surface area contributed by atoms with E-state index in [4.69, 9.17) is 10.8 Å². The number of imidazole rings is 1. The molecule has 0 saturated carbocycles. The first-order chi connectivity index (χ1) is 14.8. The molecule has 1 aromatic carbocycles. The van der Waals surface area contributed by atoms with Crippen LogP contribution in [0.2, 0.25) is 0 Å². The van der Waals surface area contributed by atoms with Crippen LogP contribution in [0.25, 0.3) is 0 Å². The zero-order chi connectivity index (χ0) is 22.3. The normalized spacial score (nSPS) is 11.2. The van der Waals surface area contributed by atoms with Gasteiger partial charge in [0.1, 0.15) is 0 Å². The minimum atomic E-state index is -3.53. The summed E-state index contributed by atoms with van der Waals surface area (Å²) in [5, 5.41) is 17.1. The van der Waals surface area contributed by atoms with Crippen molar-refractivity contribution < 1.29 is 18.3 Å². The first-order valence-corrected chi connectivity index (χ1v) is 11.3. The van der Waals surface area contributed by atoms with Gasteiger partial charge in [-0.1, -0.05) is 29.8 Å². The van der Waals surface area contributed by atoms with Gasteiger partial charge in [0.2, 0.25) is 16.0 Å². The summed E-state index contributed by atoms with van der Waals surface area (Å²) >= 11 is 0. The second-order valence-corrected chi connectivity index (χ2v) is 8.75. The molecule has 174 valence electrons. The quantitative estimate of drug-likeness (QED) is 0.349. The van der Waals surface area contributed by atoms with Crippen LogP contribution in [0.3, 0.4) is 0 Å². The Morgan fingerprint density at radius 3 is 2.41 bits per heavy atom. The molecule has 0 aliphatic heterocycles. The van der Waals surface area contributed by atoms with Crippen molar-refractivity contribution in [2.45, 2.75) is 43.5 Å². The van der Waals surface area contributed by atoms with Crippen LogP contribution in [0, 0.1) is 0 Å². The minimum Gasteiger partial charge on any atom is -0.464 e. The smallest absolute Gasteiger partial charge is 0.418 e. The molecule has 2 heterocycles. The lowest BCUT2D eigenvalue weighted by molar-refractivity contribution is 0.197. The van der Waals surface area contributed by atoms with Crippen molar-refractivity contribution in [2.24, 2.45) is 0 Å². The van der Waals surface area contributed by atoms with E-state index in [2.05, 4.69) is 20.0 Å². The topological polar surface area (TPSA) is 158 Å². The van der Waals surface area contributed by atoms with Crippen molar-refractivity contribution in [1.29, 1.82) is 0 Å². The van der Waals surface area contributed by atoms with Gasteiger partial charge in [-0.2, -0.15) is 0 Å². The van der Waals surface area contributed by atoms with Gasteiger partial charge in [-0.25, -0.2) is 27.5 Å². The predicted octanol–water partition coefficient (Wildman–Crippen LogP) is 1.94. The molecule has 3 rings (SSSR count). The molecule has 3 aromatic rings. The second kappa shape index (κ2) is 11.6. The third kappa shape index (κ3) is 7.04. The van der Waals surface area contributed by atoms with Crippen molar-refractivity contribution in [3.05, 3.63) is 54.1 Å². The lowest BCUT2D eigenvalue weighted by atomic mass is 10.1. The summed E-state index contributed by atoms with van der Waals surface area (Å²) in [7, 11) is -3.53. The molecule has 0 atom stereocenters. The van der Waals surface area contributed by atoms with E-state index in [-0.39, 0.29) is 29.8 Å². The number of carboxylic acid groups (broad SMARTS) is 1. The van der Waals surface area contributed by atoms with Crippen LogP contribution >= 0.6 is 12.4 Å². The molecular formula is C19H26ClN7O4S. The fourth-order valence-corrected chi connectivity index (χ4v) is 4.09. The minimum absolute atomic E-state index is 0. The number of aromatic nitrogens is 5. The molecule has 11 nitrogen and oxygen atoms in total. The lowest BCUT2D eigenvalue weighted by Crippen LogP contribution is -2.27. The molecule has 0 radical (unpaired) electrons. The number of aryl methyl sites for hydroxylation is 2. The van der Waals surface area contributed by atoms with Gasteiger partial charge in [0.25, 0.3) is 0 Å². The molecule has 0 saturated heterocycles. The van der Waals surface area contributed by atoms with Crippen molar-refractivity contribution in [1.82, 2.24) is 29.3 Å². The monoisotopic (exact) mass is 483 g/mol. The van der Waals surface area contributed by atoms with Crippen LogP contribution in [0.15, 0.2) is 47.6 Å². The number of halogens is 1. The Kier molecular flexibility index (Phi) is 9.17. The number of nitrogens with one attached hydrogen (secondary N) is 1. The van der Waals surface area contributed by atoms with Gasteiger partial charge in [0.15, 0.2) is 0 Å². The maximum Gasteiger partial charge on any atom is 0.418 e. The zero-order valence-electron chi connectivity index (χ0n) is 17.3. The SMILES string of the molecule is Cl.Nc1nc(CCCCCc2cn(CCNS(=O)(=O)c3ccccc3)nn2)cn1C(=O)O. The molecule has 0 amide bonds. The van der Waals surface area contributed by atoms with Crippen molar-refractivity contribution in [3.8, 4) is 0 Å². The van der Waals surface area contributed by atoms with Gasteiger partial charge >= 0.3 is 6.09 Å². The standard InChI is InChI=1S/C19H25N7O4S.ClH/c20-18-22-15(14-26(18)19(27)28)7-3-1-4-8-16-13-25(24-23-16)12-11-21-31(29,30)17-9-5-2-6-10-17;/h2,5-6,9-10,13-14,21H,1,3-4,7-8,11-12H2,(H2,20,22)(H,27,28);1H. The summed E-state index contributed by atoms with van der Waals surface area (Å²) in [4.78, 5) is 15.2. The van der Waals surface area contributed by atoms with Crippen molar-refractivity contribution >= 4 is 34.5 Å². The van der Waals surface area contributed by atoms with Crippen LogP contribution in [0.5, 0.6) is 0 Å². The molecule has 0 bridgehead atoms. The van der Waals surface area contributed by atoms with Gasteiger partial charge in [-0.3, -0.25) is 4.68 Å². The molecule has 32 heavy (non-hydrogen) atoms. The van der Waals surface area contributed by atoms with E-state index in [1.54, 1.807) is 35.0 Å². The Balaban J connectivity index is 0.00000363. The molecule has 0 unspecified atom stereocenters. The van der Waals surface area contributed by atoms with Crippen LogP contribution in [-0.4, -0.2) is 50.7 Å².